The Morgan fingerprint density at radius 3 is 2.89 bits per heavy atom. The third-order valence-electron chi connectivity index (χ3n) is 3.32. The van der Waals surface area contributed by atoms with Gasteiger partial charge >= 0.3 is 5.97 Å². The van der Waals surface area contributed by atoms with Crippen molar-refractivity contribution in [3.05, 3.63) is 35.4 Å². The van der Waals surface area contributed by atoms with Crippen LogP contribution in [0.3, 0.4) is 0 Å². The molecule has 0 saturated carbocycles. The molecule has 0 spiro atoms. The maximum absolute atomic E-state index is 12.2. The third-order valence-corrected chi connectivity index (χ3v) is 3.32. The van der Waals surface area contributed by atoms with E-state index in [-0.39, 0.29) is 17.9 Å². The first-order valence-corrected chi connectivity index (χ1v) is 6.57. The summed E-state index contributed by atoms with van der Waals surface area (Å²) in [5, 5.41) is 3.36. The zero-order valence-electron chi connectivity index (χ0n) is 11.3. The number of ether oxygens (including phenoxy) is 1. The topological polar surface area (TPSA) is 38.3 Å². The van der Waals surface area contributed by atoms with Crippen LogP contribution in [0, 0.1) is 5.92 Å². The van der Waals surface area contributed by atoms with Gasteiger partial charge in [-0.2, -0.15) is 0 Å². The summed E-state index contributed by atoms with van der Waals surface area (Å²) in [6, 6.07) is 8.22. The lowest BCUT2D eigenvalue weighted by molar-refractivity contribution is -0.147. The van der Waals surface area contributed by atoms with Gasteiger partial charge in [-0.1, -0.05) is 38.1 Å². The first-order chi connectivity index (χ1) is 8.59. The van der Waals surface area contributed by atoms with Gasteiger partial charge in [0.05, 0.1) is 12.5 Å². The summed E-state index contributed by atoms with van der Waals surface area (Å²) in [6.45, 7) is 7.44. The first kappa shape index (κ1) is 13.1. The molecular weight excluding hydrogens is 226 g/mol. The van der Waals surface area contributed by atoms with E-state index in [2.05, 4.69) is 11.4 Å². The lowest BCUT2D eigenvalue weighted by Gasteiger charge is -2.31. The van der Waals surface area contributed by atoms with Crippen molar-refractivity contribution in [2.75, 3.05) is 6.61 Å². The van der Waals surface area contributed by atoms with Crippen molar-refractivity contribution >= 4 is 5.97 Å². The van der Waals surface area contributed by atoms with Crippen molar-refractivity contribution in [3.63, 3.8) is 0 Å². The van der Waals surface area contributed by atoms with Crippen LogP contribution in [0.5, 0.6) is 0 Å². The van der Waals surface area contributed by atoms with E-state index in [1.807, 2.05) is 39.0 Å². The summed E-state index contributed by atoms with van der Waals surface area (Å²) >= 11 is 0. The highest BCUT2D eigenvalue weighted by Crippen LogP contribution is 2.29. The van der Waals surface area contributed by atoms with Gasteiger partial charge < -0.3 is 10.1 Å². The summed E-state index contributed by atoms with van der Waals surface area (Å²) in [7, 11) is 0. The van der Waals surface area contributed by atoms with Gasteiger partial charge in [0.25, 0.3) is 0 Å². The molecule has 3 heteroatoms. The van der Waals surface area contributed by atoms with Gasteiger partial charge in [0, 0.05) is 12.6 Å². The largest absolute Gasteiger partial charge is 0.465 e. The van der Waals surface area contributed by atoms with Gasteiger partial charge in [0.15, 0.2) is 0 Å². The van der Waals surface area contributed by atoms with E-state index in [1.54, 1.807) is 0 Å². The van der Waals surface area contributed by atoms with Crippen LogP contribution in [-0.2, 0) is 16.1 Å². The van der Waals surface area contributed by atoms with E-state index >= 15 is 0 Å². The predicted molar refractivity (Wildman–Crippen MR) is 71.3 cm³/mol. The molecule has 3 nitrogen and oxygen atoms in total. The lowest BCUT2D eigenvalue weighted by Crippen LogP contribution is -2.41. The summed E-state index contributed by atoms with van der Waals surface area (Å²) < 4.78 is 5.39. The van der Waals surface area contributed by atoms with E-state index in [0.717, 1.165) is 12.1 Å². The highest BCUT2D eigenvalue weighted by Gasteiger charge is 2.33. The Bertz CT molecular complexity index is 428. The Morgan fingerprint density at radius 1 is 1.44 bits per heavy atom. The maximum atomic E-state index is 12.2. The van der Waals surface area contributed by atoms with Crippen LogP contribution in [-0.4, -0.2) is 18.6 Å². The van der Waals surface area contributed by atoms with Gasteiger partial charge in [-0.05, 0) is 24.0 Å². The number of carbonyl (C=O) groups excluding carboxylic acids is 1. The molecule has 1 aliphatic heterocycles. The fraction of sp³-hybridized carbons (Fsp3) is 0.533. The molecular formula is C15H21NO2. The summed E-state index contributed by atoms with van der Waals surface area (Å²) in [5.74, 6) is 0.0700. The molecule has 2 atom stereocenters. The molecule has 1 N–H and O–H groups in total. The molecule has 18 heavy (non-hydrogen) atoms. The van der Waals surface area contributed by atoms with Crippen LogP contribution in [0.4, 0.5) is 0 Å². The van der Waals surface area contributed by atoms with E-state index in [1.165, 1.54) is 5.56 Å². The number of esters is 1. The Morgan fingerprint density at radius 2 is 2.17 bits per heavy atom. The minimum atomic E-state index is -0.186. The summed E-state index contributed by atoms with van der Waals surface area (Å²) in [5.41, 5.74) is 2.31. The van der Waals surface area contributed by atoms with Crippen LogP contribution in [0.15, 0.2) is 24.3 Å². The predicted octanol–water partition coefficient (Wildman–Crippen LogP) is 2.46. The molecule has 0 radical (unpaired) electrons. The van der Waals surface area contributed by atoms with Crippen LogP contribution >= 0.6 is 0 Å². The Hall–Kier alpha value is -1.35. The van der Waals surface area contributed by atoms with Crippen LogP contribution in [0.25, 0.3) is 0 Å². The van der Waals surface area contributed by atoms with E-state index in [9.17, 15) is 4.79 Å². The average Bonchev–Trinajstić information content (AvgIpc) is 2.36. The second kappa shape index (κ2) is 5.53. The number of nitrogens with one attached hydrogen (secondary N) is 1. The SMILES string of the molecule is CC(C)COC(=O)C1c2ccccc2CNC1C. The molecule has 0 fully saturated rings. The van der Waals surface area contributed by atoms with Crippen LogP contribution in [0.1, 0.15) is 37.8 Å². The molecule has 98 valence electrons. The number of benzene rings is 1. The van der Waals surface area contributed by atoms with E-state index < -0.39 is 0 Å². The second-order valence-corrected chi connectivity index (χ2v) is 5.37. The van der Waals surface area contributed by atoms with Gasteiger partial charge in [0.1, 0.15) is 0 Å². The summed E-state index contributed by atoms with van der Waals surface area (Å²) in [4.78, 5) is 12.2. The van der Waals surface area contributed by atoms with Crippen LogP contribution in [0.2, 0.25) is 0 Å². The monoisotopic (exact) mass is 247 g/mol. The molecule has 0 saturated heterocycles. The number of hydrogen-bond donors (Lipinski definition) is 1. The molecule has 0 amide bonds. The molecule has 2 rings (SSSR count). The normalized spacial score (nSPS) is 22.7. The highest BCUT2D eigenvalue weighted by molar-refractivity contribution is 5.80. The number of fused-ring (bicyclic) bond motifs is 1. The molecule has 0 aromatic heterocycles. The maximum Gasteiger partial charge on any atom is 0.315 e. The van der Waals surface area contributed by atoms with Crippen molar-refractivity contribution in [3.8, 4) is 0 Å². The number of hydrogen-bond acceptors (Lipinski definition) is 3. The molecule has 0 bridgehead atoms. The molecule has 1 aromatic carbocycles. The van der Waals surface area contributed by atoms with Gasteiger partial charge in [-0.25, -0.2) is 0 Å². The van der Waals surface area contributed by atoms with Crippen molar-refractivity contribution in [2.24, 2.45) is 5.92 Å². The van der Waals surface area contributed by atoms with Gasteiger partial charge in [-0.15, -0.1) is 0 Å². The minimum absolute atomic E-state index is 0.115. The number of carbonyl (C=O) groups is 1. The second-order valence-electron chi connectivity index (χ2n) is 5.37. The first-order valence-electron chi connectivity index (χ1n) is 6.57. The van der Waals surface area contributed by atoms with Crippen LogP contribution < -0.4 is 5.32 Å². The van der Waals surface area contributed by atoms with Crippen molar-refractivity contribution < 1.29 is 9.53 Å². The quantitative estimate of drug-likeness (QED) is 0.834. The molecule has 1 heterocycles. The molecule has 2 unspecified atom stereocenters. The minimum Gasteiger partial charge on any atom is -0.465 e. The smallest absolute Gasteiger partial charge is 0.315 e. The van der Waals surface area contributed by atoms with E-state index in [0.29, 0.717) is 12.5 Å². The van der Waals surface area contributed by atoms with E-state index in [4.69, 9.17) is 4.74 Å². The van der Waals surface area contributed by atoms with Gasteiger partial charge in [-0.3, -0.25) is 4.79 Å². The highest BCUT2D eigenvalue weighted by atomic mass is 16.5. The van der Waals surface area contributed by atoms with Crippen molar-refractivity contribution in [2.45, 2.75) is 39.3 Å². The Kier molecular flexibility index (Phi) is 4.02. The zero-order chi connectivity index (χ0) is 13.1. The lowest BCUT2D eigenvalue weighted by atomic mass is 9.85. The molecule has 0 aliphatic carbocycles. The zero-order valence-corrected chi connectivity index (χ0v) is 11.3. The molecule has 1 aliphatic rings. The fourth-order valence-corrected chi connectivity index (χ4v) is 2.33. The van der Waals surface area contributed by atoms with Gasteiger partial charge in [0.2, 0.25) is 0 Å². The van der Waals surface area contributed by atoms with Crippen molar-refractivity contribution in [1.29, 1.82) is 0 Å². The van der Waals surface area contributed by atoms with Crippen molar-refractivity contribution in [1.82, 2.24) is 5.32 Å². The fourth-order valence-electron chi connectivity index (χ4n) is 2.33. The Balaban J connectivity index is 2.18. The summed E-state index contributed by atoms with van der Waals surface area (Å²) in [6.07, 6.45) is 0. The molecule has 1 aromatic rings. The third kappa shape index (κ3) is 2.72. The number of rotatable bonds is 3. The Labute approximate surface area is 109 Å². The standard InChI is InChI=1S/C15H21NO2/c1-10(2)9-18-15(17)14-11(3)16-8-12-6-4-5-7-13(12)14/h4-7,10-11,14,16H,8-9H2,1-3H3. The average molecular weight is 247 g/mol.